The molecular weight excluding hydrogens is 290 g/mol. The molecule has 0 spiro atoms. The second-order valence-corrected chi connectivity index (χ2v) is 7.80. The van der Waals surface area contributed by atoms with Gasteiger partial charge in [0, 0.05) is 50.5 Å². The minimum atomic E-state index is 0.608. The van der Waals surface area contributed by atoms with Crippen molar-refractivity contribution in [2.24, 2.45) is 0 Å². The number of nitrogens with one attached hydrogen (secondary N) is 1. The monoisotopic (exact) mass is 319 g/mol. The van der Waals surface area contributed by atoms with E-state index in [9.17, 15) is 0 Å². The number of benzene rings is 1. The maximum absolute atomic E-state index is 3.84. The zero-order chi connectivity index (χ0) is 15.2. The van der Waals surface area contributed by atoms with Gasteiger partial charge in [0.2, 0.25) is 0 Å². The normalized spacial score (nSPS) is 22.7. The molecule has 2 fully saturated rings. The van der Waals surface area contributed by atoms with Gasteiger partial charge in [-0.3, -0.25) is 4.90 Å². The van der Waals surface area contributed by atoms with Crippen LogP contribution in [0.4, 0.5) is 5.69 Å². The fraction of sp³-hybridized carbons (Fsp3) is 0.667. The van der Waals surface area contributed by atoms with Crippen LogP contribution in [0.3, 0.4) is 0 Å². The van der Waals surface area contributed by atoms with Gasteiger partial charge in [0.1, 0.15) is 0 Å². The molecule has 2 heterocycles. The minimum Gasteiger partial charge on any atom is -0.369 e. The van der Waals surface area contributed by atoms with E-state index in [1.54, 1.807) is 0 Å². The van der Waals surface area contributed by atoms with Gasteiger partial charge in [0.05, 0.1) is 0 Å². The molecule has 122 valence electrons. The Kier molecular flexibility index (Phi) is 6.04. The molecular formula is C18H29N3S. The van der Waals surface area contributed by atoms with Gasteiger partial charge in [-0.05, 0) is 43.4 Å². The van der Waals surface area contributed by atoms with Crippen LogP contribution in [-0.4, -0.2) is 61.2 Å². The first kappa shape index (κ1) is 16.2. The first-order valence-corrected chi connectivity index (χ1v) is 9.83. The molecule has 1 aromatic rings. The lowest BCUT2D eigenvalue weighted by molar-refractivity contribution is 0.226. The first-order chi connectivity index (χ1) is 10.8. The lowest BCUT2D eigenvalue weighted by Gasteiger charge is -2.38. The summed E-state index contributed by atoms with van der Waals surface area (Å²) in [4.78, 5) is 5.13. The first-order valence-electron chi connectivity index (χ1n) is 8.67. The Labute approximate surface area is 139 Å². The topological polar surface area (TPSA) is 18.5 Å². The van der Waals surface area contributed by atoms with Gasteiger partial charge in [-0.15, -0.1) is 0 Å². The minimum absolute atomic E-state index is 0.608. The maximum Gasteiger partial charge on any atom is 0.0367 e. The van der Waals surface area contributed by atoms with Crippen LogP contribution in [0.25, 0.3) is 0 Å². The smallest absolute Gasteiger partial charge is 0.0367 e. The fourth-order valence-corrected chi connectivity index (χ4v) is 4.64. The Morgan fingerprint density at radius 1 is 1.09 bits per heavy atom. The second kappa shape index (κ2) is 8.23. The Bertz CT molecular complexity index is 425. The summed E-state index contributed by atoms with van der Waals surface area (Å²) in [5.74, 6) is 2.67. The summed E-state index contributed by atoms with van der Waals surface area (Å²) in [6.45, 7) is 8.20. The standard InChI is InChI=1S/C18H29N3S/c1-16(19-17-7-13-22-14-8-17)15-20-9-11-21(12-10-20)18-5-3-2-4-6-18/h2-6,16-17,19H,7-15H2,1H3/t16-/m1/s1. The van der Waals surface area contributed by atoms with Crippen molar-refractivity contribution in [3.05, 3.63) is 30.3 Å². The maximum atomic E-state index is 3.84. The Morgan fingerprint density at radius 3 is 2.45 bits per heavy atom. The highest BCUT2D eigenvalue weighted by molar-refractivity contribution is 7.99. The molecule has 2 saturated heterocycles. The highest BCUT2D eigenvalue weighted by Crippen LogP contribution is 2.18. The molecule has 22 heavy (non-hydrogen) atoms. The molecule has 0 amide bonds. The highest BCUT2D eigenvalue weighted by Gasteiger charge is 2.20. The third-order valence-electron chi connectivity index (χ3n) is 4.77. The molecule has 3 nitrogen and oxygen atoms in total. The zero-order valence-electron chi connectivity index (χ0n) is 13.7. The van der Waals surface area contributed by atoms with Crippen molar-refractivity contribution >= 4 is 17.4 Å². The number of hydrogen-bond acceptors (Lipinski definition) is 4. The molecule has 0 radical (unpaired) electrons. The van der Waals surface area contributed by atoms with E-state index in [-0.39, 0.29) is 0 Å². The van der Waals surface area contributed by atoms with Crippen molar-refractivity contribution in [2.45, 2.75) is 31.8 Å². The van der Waals surface area contributed by atoms with Gasteiger partial charge in [0.15, 0.2) is 0 Å². The van der Waals surface area contributed by atoms with E-state index >= 15 is 0 Å². The molecule has 2 aliphatic heterocycles. The SMILES string of the molecule is C[C@H](CN1CCN(c2ccccc2)CC1)NC1CCSCC1. The average Bonchev–Trinajstić information content (AvgIpc) is 2.57. The van der Waals surface area contributed by atoms with Crippen molar-refractivity contribution in [1.82, 2.24) is 10.2 Å². The van der Waals surface area contributed by atoms with E-state index in [1.807, 2.05) is 0 Å². The molecule has 0 bridgehead atoms. The zero-order valence-corrected chi connectivity index (χ0v) is 14.5. The van der Waals surface area contributed by atoms with Crippen molar-refractivity contribution in [3.8, 4) is 0 Å². The largest absolute Gasteiger partial charge is 0.369 e. The molecule has 2 aliphatic rings. The van der Waals surface area contributed by atoms with Gasteiger partial charge in [-0.1, -0.05) is 18.2 Å². The van der Waals surface area contributed by atoms with Gasteiger partial charge in [-0.25, -0.2) is 0 Å². The van der Waals surface area contributed by atoms with Crippen LogP contribution in [0.15, 0.2) is 30.3 Å². The third-order valence-corrected chi connectivity index (χ3v) is 5.82. The molecule has 0 unspecified atom stereocenters. The number of para-hydroxylation sites is 1. The van der Waals surface area contributed by atoms with Crippen LogP contribution >= 0.6 is 11.8 Å². The van der Waals surface area contributed by atoms with Gasteiger partial charge < -0.3 is 10.2 Å². The molecule has 0 saturated carbocycles. The third kappa shape index (κ3) is 4.64. The van der Waals surface area contributed by atoms with E-state index in [2.05, 4.69) is 64.1 Å². The van der Waals surface area contributed by atoms with Crippen LogP contribution in [0.5, 0.6) is 0 Å². The van der Waals surface area contributed by atoms with E-state index < -0.39 is 0 Å². The van der Waals surface area contributed by atoms with Crippen LogP contribution < -0.4 is 10.2 Å². The summed E-state index contributed by atoms with van der Waals surface area (Å²) in [5, 5.41) is 3.84. The summed E-state index contributed by atoms with van der Waals surface area (Å²) >= 11 is 2.10. The van der Waals surface area contributed by atoms with E-state index in [1.165, 1.54) is 49.7 Å². The number of piperazine rings is 1. The molecule has 4 heteroatoms. The van der Waals surface area contributed by atoms with Gasteiger partial charge in [0.25, 0.3) is 0 Å². The van der Waals surface area contributed by atoms with Crippen LogP contribution in [0.2, 0.25) is 0 Å². The molecule has 1 atom stereocenters. The summed E-state index contributed by atoms with van der Waals surface area (Å²) in [6, 6.07) is 12.2. The summed E-state index contributed by atoms with van der Waals surface area (Å²) in [7, 11) is 0. The Hall–Kier alpha value is -0.710. The van der Waals surface area contributed by atoms with E-state index in [0.29, 0.717) is 6.04 Å². The van der Waals surface area contributed by atoms with Crippen LogP contribution in [0, 0.1) is 0 Å². The predicted molar refractivity (Wildman–Crippen MR) is 98.0 cm³/mol. The van der Waals surface area contributed by atoms with Crippen molar-refractivity contribution < 1.29 is 0 Å². The lowest BCUT2D eigenvalue weighted by atomic mass is 10.1. The highest BCUT2D eigenvalue weighted by atomic mass is 32.2. The lowest BCUT2D eigenvalue weighted by Crippen LogP contribution is -2.51. The summed E-state index contributed by atoms with van der Waals surface area (Å²) in [5.41, 5.74) is 1.37. The van der Waals surface area contributed by atoms with Gasteiger partial charge >= 0.3 is 0 Å². The second-order valence-electron chi connectivity index (χ2n) is 6.58. The van der Waals surface area contributed by atoms with Crippen molar-refractivity contribution in [1.29, 1.82) is 0 Å². The molecule has 1 N–H and O–H groups in total. The van der Waals surface area contributed by atoms with Crippen LogP contribution in [-0.2, 0) is 0 Å². The van der Waals surface area contributed by atoms with E-state index in [0.717, 1.165) is 19.1 Å². The summed E-state index contributed by atoms with van der Waals surface area (Å²) < 4.78 is 0. The Morgan fingerprint density at radius 2 is 1.77 bits per heavy atom. The Balaban J connectivity index is 1.39. The fourth-order valence-electron chi connectivity index (χ4n) is 3.53. The van der Waals surface area contributed by atoms with E-state index in [4.69, 9.17) is 0 Å². The quantitative estimate of drug-likeness (QED) is 0.899. The van der Waals surface area contributed by atoms with Crippen molar-refractivity contribution in [3.63, 3.8) is 0 Å². The average molecular weight is 320 g/mol. The number of nitrogens with zero attached hydrogens (tertiary/aromatic N) is 2. The molecule has 0 aliphatic carbocycles. The van der Waals surface area contributed by atoms with Crippen LogP contribution in [0.1, 0.15) is 19.8 Å². The molecule has 3 rings (SSSR count). The number of thioether (sulfide) groups is 1. The van der Waals surface area contributed by atoms with Gasteiger partial charge in [-0.2, -0.15) is 11.8 Å². The number of hydrogen-bond donors (Lipinski definition) is 1. The van der Waals surface area contributed by atoms with Crippen molar-refractivity contribution in [2.75, 3.05) is 49.1 Å². The molecule has 0 aromatic heterocycles. The summed E-state index contributed by atoms with van der Waals surface area (Å²) in [6.07, 6.45) is 2.69. The number of anilines is 1. The predicted octanol–water partition coefficient (Wildman–Crippen LogP) is 2.68. The molecule has 1 aromatic carbocycles. The number of rotatable bonds is 5.